The zero-order valence-corrected chi connectivity index (χ0v) is 12.2. The molecule has 3 rings (SSSR count). The van der Waals surface area contributed by atoms with Crippen molar-refractivity contribution in [2.75, 3.05) is 0 Å². The van der Waals surface area contributed by atoms with Gasteiger partial charge in [-0.1, -0.05) is 12.1 Å². The summed E-state index contributed by atoms with van der Waals surface area (Å²) in [5.41, 5.74) is 3.78. The van der Waals surface area contributed by atoms with Crippen LogP contribution in [0.3, 0.4) is 0 Å². The van der Waals surface area contributed by atoms with E-state index >= 15 is 0 Å². The van der Waals surface area contributed by atoms with Crippen molar-refractivity contribution in [3.8, 4) is 0 Å². The zero-order valence-electron chi connectivity index (χ0n) is 12.2. The zero-order chi connectivity index (χ0) is 13.8. The van der Waals surface area contributed by atoms with Crippen LogP contribution in [0.1, 0.15) is 36.5 Å². The number of fused-ring (bicyclic) bond motifs is 1. The first-order valence-electron chi connectivity index (χ1n) is 6.73. The molecule has 19 heavy (non-hydrogen) atoms. The smallest absolute Gasteiger partial charge is 0.118 e. The van der Waals surface area contributed by atoms with E-state index in [1.54, 1.807) is 0 Å². The highest BCUT2D eigenvalue weighted by atomic mass is 16.3. The van der Waals surface area contributed by atoms with E-state index in [4.69, 9.17) is 4.42 Å². The Morgan fingerprint density at radius 2 is 1.74 bits per heavy atom. The van der Waals surface area contributed by atoms with Gasteiger partial charge in [0.25, 0.3) is 0 Å². The van der Waals surface area contributed by atoms with Crippen LogP contribution in [0, 0.1) is 20.8 Å². The summed E-state index contributed by atoms with van der Waals surface area (Å²) in [5, 5.41) is 2.55. The van der Waals surface area contributed by atoms with Crippen molar-refractivity contribution in [1.82, 2.24) is 0 Å². The van der Waals surface area contributed by atoms with Crippen LogP contribution in [0.15, 0.2) is 28.7 Å². The first-order chi connectivity index (χ1) is 8.93. The van der Waals surface area contributed by atoms with Gasteiger partial charge in [-0.3, -0.25) is 0 Å². The van der Waals surface area contributed by atoms with E-state index in [-0.39, 0.29) is 5.41 Å². The van der Waals surface area contributed by atoms with Crippen LogP contribution in [0.4, 0.5) is 0 Å². The van der Waals surface area contributed by atoms with Crippen LogP contribution in [0.2, 0.25) is 0 Å². The first kappa shape index (κ1) is 12.3. The van der Waals surface area contributed by atoms with Crippen LogP contribution < -0.4 is 10.4 Å². The second-order valence-corrected chi connectivity index (χ2v) is 5.72. The summed E-state index contributed by atoms with van der Waals surface area (Å²) in [6.07, 6.45) is 3.63. The normalized spacial score (nSPS) is 21.4. The molecule has 0 aliphatic heterocycles. The van der Waals surface area contributed by atoms with Crippen molar-refractivity contribution in [1.29, 1.82) is 0 Å². The molecule has 1 heteroatoms. The average Bonchev–Trinajstić information content (AvgIpc) is 2.90. The third kappa shape index (κ3) is 1.61. The van der Waals surface area contributed by atoms with E-state index in [9.17, 15) is 0 Å². The summed E-state index contributed by atoms with van der Waals surface area (Å²) in [5.74, 6) is 1.94. The SMILES string of the molecule is CC1=c2c(C)c(C)ccc2=[C]C1(C)c1ccc(C)o1. The standard InChI is InChI=1S/C18H19O/c1-11-6-8-15-10-18(5,14(4)17(15)13(11)3)16-9-7-12(2)19-16/h6-9H,1-5H3. The molecule has 0 N–H and O–H groups in total. The van der Waals surface area contributed by atoms with E-state index in [0.717, 1.165) is 11.5 Å². The van der Waals surface area contributed by atoms with Crippen LogP contribution >= 0.6 is 0 Å². The molecule has 97 valence electrons. The summed E-state index contributed by atoms with van der Waals surface area (Å²) >= 11 is 0. The van der Waals surface area contributed by atoms with Gasteiger partial charge in [0, 0.05) is 0 Å². The monoisotopic (exact) mass is 251 g/mol. The summed E-state index contributed by atoms with van der Waals surface area (Å²) in [4.78, 5) is 0. The van der Waals surface area contributed by atoms with Gasteiger partial charge < -0.3 is 4.42 Å². The second-order valence-electron chi connectivity index (χ2n) is 5.72. The molecular weight excluding hydrogens is 232 g/mol. The van der Waals surface area contributed by atoms with E-state index in [1.165, 1.54) is 27.1 Å². The predicted octanol–water partition coefficient (Wildman–Crippen LogP) is 3.00. The fourth-order valence-corrected chi connectivity index (χ4v) is 2.97. The maximum atomic E-state index is 5.86. The fourth-order valence-electron chi connectivity index (χ4n) is 2.97. The van der Waals surface area contributed by atoms with Gasteiger partial charge >= 0.3 is 0 Å². The summed E-state index contributed by atoms with van der Waals surface area (Å²) in [7, 11) is 0. The molecular formula is C18H19O. The highest BCUT2D eigenvalue weighted by Crippen LogP contribution is 2.36. The molecule has 0 fully saturated rings. The number of hydrogen-bond donors (Lipinski definition) is 0. The van der Waals surface area contributed by atoms with Gasteiger partial charge in [0.15, 0.2) is 0 Å². The quantitative estimate of drug-likeness (QED) is 0.759. The van der Waals surface area contributed by atoms with Gasteiger partial charge in [0.1, 0.15) is 11.5 Å². The van der Waals surface area contributed by atoms with E-state index in [2.05, 4.69) is 52.0 Å². The molecule has 2 aromatic rings. The Labute approximate surface area is 114 Å². The number of hydrogen-bond acceptors (Lipinski definition) is 1. The molecule has 1 nitrogen and oxygen atoms in total. The molecule has 1 atom stereocenters. The minimum Gasteiger partial charge on any atom is -0.465 e. The van der Waals surface area contributed by atoms with Crippen molar-refractivity contribution in [2.24, 2.45) is 0 Å². The summed E-state index contributed by atoms with van der Waals surface area (Å²) in [6, 6.07) is 8.44. The minimum atomic E-state index is -0.241. The lowest BCUT2D eigenvalue weighted by Gasteiger charge is -2.21. The van der Waals surface area contributed by atoms with E-state index in [1.807, 2.05) is 13.0 Å². The lowest BCUT2D eigenvalue weighted by Crippen LogP contribution is -2.27. The van der Waals surface area contributed by atoms with Crippen LogP contribution in [0.5, 0.6) is 0 Å². The molecule has 1 radical (unpaired) electrons. The number of rotatable bonds is 1. The van der Waals surface area contributed by atoms with Crippen LogP contribution in [0.25, 0.3) is 11.6 Å². The van der Waals surface area contributed by atoms with Gasteiger partial charge in [0.05, 0.1) is 5.41 Å². The maximum absolute atomic E-state index is 5.86. The molecule has 0 spiro atoms. The lowest BCUT2D eigenvalue weighted by molar-refractivity contribution is 0.454. The van der Waals surface area contributed by atoms with Crippen LogP contribution in [-0.4, -0.2) is 0 Å². The number of benzene rings is 1. The Balaban J connectivity index is 2.35. The van der Waals surface area contributed by atoms with Gasteiger partial charge in [-0.25, -0.2) is 0 Å². The molecule has 1 heterocycles. The molecule has 1 unspecified atom stereocenters. The second kappa shape index (κ2) is 3.86. The van der Waals surface area contributed by atoms with E-state index in [0.29, 0.717) is 0 Å². The predicted molar refractivity (Wildman–Crippen MR) is 78.5 cm³/mol. The Bertz CT molecular complexity index is 777. The topological polar surface area (TPSA) is 13.1 Å². The number of furan rings is 1. The van der Waals surface area contributed by atoms with Gasteiger partial charge in [-0.2, -0.15) is 0 Å². The minimum absolute atomic E-state index is 0.241. The lowest BCUT2D eigenvalue weighted by atomic mass is 9.82. The molecule has 0 amide bonds. The highest BCUT2D eigenvalue weighted by Gasteiger charge is 2.34. The van der Waals surface area contributed by atoms with Crippen LogP contribution in [-0.2, 0) is 5.41 Å². The van der Waals surface area contributed by atoms with Crippen molar-refractivity contribution < 1.29 is 4.42 Å². The summed E-state index contributed by atoms with van der Waals surface area (Å²) < 4.78 is 5.86. The maximum Gasteiger partial charge on any atom is 0.118 e. The molecule has 1 aliphatic rings. The summed E-state index contributed by atoms with van der Waals surface area (Å²) in [6.45, 7) is 10.7. The third-order valence-corrected chi connectivity index (χ3v) is 4.48. The highest BCUT2D eigenvalue weighted by molar-refractivity contribution is 5.74. The van der Waals surface area contributed by atoms with Crippen molar-refractivity contribution >= 4 is 11.6 Å². The van der Waals surface area contributed by atoms with Gasteiger partial charge in [-0.15, -0.1) is 0 Å². The molecule has 1 aromatic carbocycles. The molecule has 0 saturated heterocycles. The Hall–Kier alpha value is -1.76. The van der Waals surface area contributed by atoms with Crippen molar-refractivity contribution in [3.63, 3.8) is 0 Å². The fraction of sp³-hybridized carbons (Fsp3) is 0.333. The Morgan fingerprint density at radius 3 is 2.37 bits per heavy atom. The first-order valence-corrected chi connectivity index (χ1v) is 6.73. The molecule has 1 aliphatic carbocycles. The largest absolute Gasteiger partial charge is 0.465 e. The Kier molecular flexibility index (Phi) is 2.50. The third-order valence-electron chi connectivity index (χ3n) is 4.48. The molecule has 1 aromatic heterocycles. The molecule has 0 saturated carbocycles. The number of aryl methyl sites for hydroxylation is 2. The van der Waals surface area contributed by atoms with Gasteiger partial charge in [0.2, 0.25) is 0 Å². The Morgan fingerprint density at radius 1 is 1.00 bits per heavy atom. The van der Waals surface area contributed by atoms with Crippen molar-refractivity contribution in [2.45, 2.75) is 40.0 Å². The average molecular weight is 251 g/mol. The molecule has 0 bridgehead atoms. The van der Waals surface area contributed by atoms with E-state index < -0.39 is 0 Å². The van der Waals surface area contributed by atoms with Crippen molar-refractivity contribution in [3.05, 3.63) is 57.4 Å². The van der Waals surface area contributed by atoms with Gasteiger partial charge in [-0.05, 0) is 80.0 Å².